The summed E-state index contributed by atoms with van der Waals surface area (Å²) in [6, 6.07) is 0. The molecule has 0 N–H and O–H groups in total. The summed E-state index contributed by atoms with van der Waals surface area (Å²) in [6.07, 6.45) is 6.04. The second-order valence-electron chi connectivity index (χ2n) is 4.87. The molecule has 0 heterocycles. The Morgan fingerprint density at radius 2 is 1.50 bits per heavy atom. The van der Waals surface area contributed by atoms with Gasteiger partial charge in [0.25, 0.3) is 0 Å². The molecule has 0 bridgehead atoms. The molecule has 0 spiro atoms. The quantitative estimate of drug-likeness (QED) is 0.522. The number of fused-ring (bicyclic) bond motifs is 1. The monoisotopic (exact) mass is 138 g/mol. The van der Waals surface area contributed by atoms with Gasteiger partial charge in [-0.05, 0) is 42.4 Å². The van der Waals surface area contributed by atoms with Crippen LogP contribution in [-0.4, -0.2) is 0 Å². The van der Waals surface area contributed by atoms with Gasteiger partial charge in [0.05, 0.1) is 0 Å². The topological polar surface area (TPSA) is 0 Å². The Bertz CT molecular complexity index is 147. The second kappa shape index (κ2) is 1.60. The van der Waals surface area contributed by atoms with Crippen molar-refractivity contribution in [3.05, 3.63) is 0 Å². The highest BCUT2D eigenvalue weighted by atomic mass is 14.7. The molecule has 2 aliphatic rings. The Balaban J connectivity index is 2.18. The van der Waals surface area contributed by atoms with Crippen LogP contribution in [0, 0.1) is 16.7 Å². The van der Waals surface area contributed by atoms with E-state index in [1.54, 1.807) is 0 Å². The molecule has 0 aromatic heterocycles. The summed E-state index contributed by atoms with van der Waals surface area (Å²) in [4.78, 5) is 0. The van der Waals surface area contributed by atoms with Gasteiger partial charge in [0.2, 0.25) is 0 Å². The van der Waals surface area contributed by atoms with Gasteiger partial charge in [-0.2, -0.15) is 0 Å². The second-order valence-corrected chi connectivity index (χ2v) is 4.87. The number of hydrogen-bond donors (Lipinski definition) is 0. The van der Waals surface area contributed by atoms with Crippen LogP contribution in [0.3, 0.4) is 0 Å². The number of rotatable bonds is 1. The van der Waals surface area contributed by atoms with Gasteiger partial charge in [-0.15, -0.1) is 0 Å². The van der Waals surface area contributed by atoms with Crippen LogP contribution in [0.4, 0.5) is 0 Å². The summed E-state index contributed by atoms with van der Waals surface area (Å²) in [7, 11) is 0. The maximum atomic E-state index is 2.49. The first-order valence-corrected chi connectivity index (χ1v) is 4.61. The fourth-order valence-electron chi connectivity index (χ4n) is 3.27. The lowest BCUT2D eigenvalue weighted by Gasteiger charge is -2.69. The van der Waals surface area contributed by atoms with Crippen LogP contribution in [0.25, 0.3) is 0 Å². The Morgan fingerprint density at radius 1 is 1.00 bits per heavy atom. The summed E-state index contributed by atoms with van der Waals surface area (Å²) in [6.45, 7) is 7.28. The number of hydrogen-bond acceptors (Lipinski definition) is 0. The van der Waals surface area contributed by atoms with Gasteiger partial charge in [-0.1, -0.05) is 20.8 Å². The summed E-state index contributed by atoms with van der Waals surface area (Å²) >= 11 is 0. The van der Waals surface area contributed by atoms with Crippen molar-refractivity contribution in [2.45, 2.75) is 46.5 Å². The molecule has 0 atom stereocenters. The normalized spacial score (nSPS) is 51.6. The van der Waals surface area contributed by atoms with Crippen LogP contribution in [0.2, 0.25) is 0 Å². The van der Waals surface area contributed by atoms with Crippen LogP contribution in [0.15, 0.2) is 0 Å². The first kappa shape index (κ1) is 6.69. The predicted molar refractivity (Wildman–Crippen MR) is 43.8 cm³/mol. The van der Waals surface area contributed by atoms with Crippen molar-refractivity contribution in [3.8, 4) is 0 Å². The highest BCUT2D eigenvalue weighted by Gasteiger charge is 2.63. The van der Waals surface area contributed by atoms with Crippen molar-refractivity contribution in [3.63, 3.8) is 0 Å². The van der Waals surface area contributed by atoms with Gasteiger partial charge in [0.15, 0.2) is 0 Å². The summed E-state index contributed by atoms with van der Waals surface area (Å²) in [5.74, 6) is 0.931. The molecular weight excluding hydrogens is 120 g/mol. The van der Waals surface area contributed by atoms with Gasteiger partial charge in [0.1, 0.15) is 0 Å². The van der Waals surface area contributed by atoms with Crippen molar-refractivity contribution < 1.29 is 0 Å². The first-order chi connectivity index (χ1) is 4.61. The first-order valence-electron chi connectivity index (χ1n) is 4.61. The van der Waals surface area contributed by atoms with E-state index in [-0.39, 0.29) is 0 Å². The van der Waals surface area contributed by atoms with Gasteiger partial charge in [-0.3, -0.25) is 0 Å². The minimum Gasteiger partial charge on any atom is -0.0622 e. The molecule has 0 radical (unpaired) electrons. The third-order valence-electron chi connectivity index (χ3n) is 4.55. The van der Waals surface area contributed by atoms with Crippen molar-refractivity contribution in [1.29, 1.82) is 0 Å². The van der Waals surface area contributed by atoms with Crippen molar-refractivity contribution in [1.82, 2.24) is 0 Å². The van der Waals surface area contributed by atoms with E-state index in [0.29, 0.717) is 0 Å². The van der Waals surface area contributed by atoms with Gasteiger partial charge >= 0.3 is 0 Å². The fraction of sp³-hybridized carbons (Fsp3) is 1.00. The zero-order valence-electron chi connectivity index (χ0n) is 7.41. The largest absolute Gasteiger partial charge is 0.0622 e. The van der Waals surface area contributed by atoms with E-state index in [1.165, 1.54) is 25.7 Å². The Morgan fingerprint density at radius 3 is 1.50 bits per heavy atom. The Kier molecular flexibility index (Phi) is 1.07. The third kappa shape index (κ3) is 0.466. The molecular formula is C10H18. The molecule has 10 heavy (non-hydrogen) atoms. The Labute approximate surface area is 64.0 Å². The van der Waals surface area contributed by atoms with E-state index in [0.717, 1.165) is 16.7 Å². The van der Waals surface area contributed by atoms with Gasteiger partial charge in [-0.25, -0.2) is 0 Å². The van der Waals surface area contributed by atoms with Crippen LogP contribution in [0.1, 0.15) is 46.5 Å². The van der Waals surface area contributed by atoms with E-state index >= 15 is 0 Å². The molecule has 58 valence electrons. The van der Waals surface area contributed by atoms with Crippen LogP contribution >= 0.6 is 0 Å². The summed E-state index contributed by atoms with van der Waals surface area (Å²) in [5.41, 5.74) is 1.58. The lowest BCUT2D eigenvalue weighted by molar-refractivity contribution is -0.195. The van der Waals surface area contributed by atoms with Crippen molar-refractivity contribution >= 4 is 0 Å². The van der Waals surface area contributed by atoms with E-state index < -0.39 is 0 Å². The minimum absolute atomic E-state index is 0.779. The van der Waals surface area contributed by atoms with E-state index in [9.17, 15) is 0 Å². The van der Waals surface area contributed by atoms with Gasteiger partial charge < -0.3 is 0 Å². The van der Waals surface area contributed by atoms with E-state index in [1.807, 2.05) is 0 Å². The third-order valence-corrected chi connectivity index (χ3v) is 4.55. The molecule has 2 rings (SSSR count). The maximum Gasteiger partial charge on any atom is -0.0220 e. The molecule has 0 heteroatoms. The maximum absolute atomic E-state index is 2.49. The zero-order chi connectivity index (χ0) is 7.41. The molecule has 0 amide bonds. The van der Waals surface area contributed by atoms with E-state index in [2.05, 4.69) is 20.8 Å². The summed E-state index contributed by atoms with van der Waals surface area (Å²) in [5, 5.41) is 0. The highest BCUT2D eigenvalue weighted by molar-refractivity contribution is 5.13. The smallest absolute Gasteiger partial charge is 0.0220 e. The summed E-state index contributed by atoms with van der Waals surface area (Å²) < 4.78 is 0. The fourth-order valence-corrected chi connectivity index (χ4v) is 3.27. The standard InChI is InChI=1S/C10H18/c1-8(2)10-6-4-9(10,3)5-7-10/h8H,4-7H2,1-3H3. The molecule has 2 aliphatic carbocycles. The van der Waals surface area contributed by atoms with E-state index in [4.69, 9.17) is 0 Å². The average Bonchev–Trinajstić information content (AvgIpc) is 1.87. The molecule has 2 saturated carbocycles. The Hall–Kier alpha value is 0. The van der Waals surface area contributed by atoms with Crippen LogP contribution in [0.5, 0.6) is 0 Å². The van der Waals surface area contributed by atoms with Crippen LogP contribution in [-0.2, 0) is 0 Å². The lowest BCUT2D eigenvalue weighted by atomic mass is 9.35. The SMILES string of the molecule is CC(C)C12CCC1(C)CC2. The molecule has 0 aromatic carbocycles. The lowest BCUT2D eigenvalue weighted by Crippen LogP contribution is -2.60. The van der Waals surface area contributed by atoms with Crippen molar-refractivity contribution in [2.24, 2.45) is 16.7 Å². The highest BCUT2D eigenvalue weighted by Crippen LogP contribution is 2.73. The predicted octanol–water partition coefficient (Wildman–Crippen LogP) is 3.22. The molecule has 0 saturated heterocycles. The molecule has 0 nitrogen and oxygen atoms in total. The molecule has 2 fully saturated rings. The minimum atomic E-state index is 0.779. The van der Waals surface area contributed by atoms with Crippen molar-refractivity contribution in [2.75, 3.05) is 0 Å². The van der Waals surface area contributed by atoms with Crippen LogP contribution < -0.4 is 0 Å². The molecule has 0 unspecified atom stereocenters. The van der Waals surface area contributed by atoms with Gasteiger partial charge in [0, 0.05) is 0 Å². The molecule has 0 aliphatic heterocycles. The average molecular weight is 138 g/mol. The zero-order valence-corrected chi connectivity index (χ0v) is 7.41. The molecule has 0 aromatic rings.